The largest absolute Gasteiger partial charge is 0.444 e. The first-order chi connectivity index (χ1) is 9.92. The van der Waals surface area contributed by atoms with Crippen LogP contribution >= 0.6 is 11.6 Å². The zero-order chi connectivity index (χ0) is 17.3. The molecule has 22 heavy (non-hydrogen) atoms. The summed E-state index contributed by atoms with van der Waals surface area (Å²) >= 11 is 5.90. The number of hydrogen-bond acceptors (Lipinski definition) is 3. The van der Waals surface area contributed by atoms with Crippen LogP contribution in [0.15, 0.2) is 12.1 Å². The third-order valence-electron chi connectivity index (χ3n) is 3.15. The predicted octanol–water partition coefficient (Wildman–Crippen LogP) is 3.90. The van der Waals surface area contributed by atoms with Crippen molar-refractivity contribution in [3.63, 3.8) is 0 Å². The molecule has 0 saturated heterocycles. The molecule has 0 aliphatic carbocycles. The average Bonchev–Trinajstić information content (AvgIpc) is 2.39. The molecule has 1 rings (SSSR count). The van der Waals surface area contributed by atoms with E-state index in [1.54, 1.807) is 20.8 Å². The normalized spacial score (nSPS) is 14.2. The van der Waals surface area contributed by atoms with Crippen LogP contribution in [0.1, 0.15) is 33.3 Å². The molecule has 4 nitrogen and oxygen atoms in total. The summed E-state index contributed by atoms with van der Waals surface area (Å²) in [5.74, 6) is -2.30. The second-order valence-corrected chi connectivity index (χ2v) is 6.46. The second kappa shape index (κ2) is 6.20. The molecule has 0 spiro atoms. The maximum absolute atomic E-state index is 13.5. The van der Waals surface area contributed by atoms with Crippen LogP contribution in [0.4, 0.5) is 13.6 Å². The first-order valence-corrected chi connectivity index (χ1v) is 6.88. The third-order valence-corrected chi connectivity index (χ3v) is 3.46. The minimum atomic E-state index is -1.60. The number of rotatable bonds is 3. The van der Waals surface area contributed by atoms with Crippen molar-refractivity contribution in [1.29, 1.82) is 0 Å². The van der Waals surface area contributed by atoms with Gasteiger partial charge < -0.3 is 9.53 Å². The van der Waals surface area contributed by atoms with E-state index in [-0.39, 0.29) is 10.6 Å². The van der Waals surface area contributed by atoms with E-state index in [1.807, 2.05) is 0 Å². The number of nitrogens with zero attached hydrogens (tertiary/aromatic N) is 1. The summed E-state index contributed by atoms with van der Waals surface area (Å²) in [7, 11) is 1.32. The van der Waals surface area contributed by atoms with Gasteiger partial charge in [-0.3, -0.25) is 4.90 Å². The van der Waals surface area contributed by atoms with Crippen molar-refractivity contribution in [1.82, 2.24) is 4.90 Å². The highest BCUT2D eigenvalue weighted by molar-refractivity contribution is 6.31. The molecule has 0 aliphatic rings. The first kappa shape index (κ1) is 18.4. The number of benzene rings is 1. The summed E-state index contributed by atoms with van der Waals surface area (Å²) in [6, 6.07) is 1.56. The lowest BCUT2D eigenvalue weighted by atomic mass is 9.92. The van der Waals surface area contributed by atoms with Gasteiger partial charge in [0.2, 0.25) is 0 Å². The van der Waals surface area contributed by atoms with E-state index in [0.29, 0.717) is 6.29 Å². The smallest absolute Gasteiger partial charge is 0.411 e. The molecule has 0 saturated carbocycles. The monoisotopic (exact) mass is 333 g/mol. The Bertz CT molecular complexity index is 601. The molecule has 1 aromatic rings. The number of aldehydes is 1. The van der Waals surface area contributed by atoms with Gasteiger partial charge in [0.05, 0.1) is 0 Å². The highest BCUT2D eigenvalue weighted by atomic mass is 35.5. The quantitative estimate of drug-likeness (QED) is 0.622. The molecular formula is C15H18ClF2NO3. The summed E-state index contributed by atoms with van der Waals surface area (Å²) in [5.41, 5.74) is -2.41. The van der Waals surface area contributed by atoms with E-state index >= 15 is 0 Å². The van der Waals surface area contributed by atoms with Gasteiger partial charge in [-0.2, -0.15) is 0 Å². The summed E-state index contributed by atoms with van der Waals surface area (Å²) in [6.45, 7) is 6.37. The molecule has 0 bridgehead atoms. The Morgan fingerprint density at radius 1 is 1.23 bits per heavy atom. The summed E-state index contributed by atoms with van der Waals surface area (Å²) in [4.78, 5) is 24.7. The molecule has 1 unspecified atom stereocenters. The van der Waals surface area contributed by atoms with Crippen LogP contribution in [0.5, 0.6) is 0 Å². The van der Waals surface area contributed by atoms with Crippen LogP contribution in [0.2, 0.25) is 5.02 Å². The van der Waals surface area contributed by atoms with Gasteiger partial charge in [0.15, 0.2) is 11.6 Å². The Labute approximate surface area is 133 Å². The van der Waals surface area contributed by atoms with Crippen LogP contribution in [-0.4, -0.2) is 29.9 Å². The zero-order valence-corrected chi connectivity index (χ0v) is 13.8. The van der Waals surface area contributed by atoms with Crippen molar-refractivity contribution in [2.45, 2.75) is 38.8 Å². The van der Waals surface area contributed by atoms with E-state index in [4.69, 9.17) is 16.3 Å². The molecular weight excluding hydrogens is 316 g/mol. The fourth-order valence-corrected chi connectivity index (χ4v) is 2.10. The third kappa shape index (κ3) is 3.74. The van der Waals surface area contributed by atoms with Crippen molar-refractivity contribution < 1.29 is 23.1 Å². The molecule has 0 aliphatic heterocycles. The maximum atomic E-state index is 13.5. The maximum Gasteiger partial charge on any atom is 0.411 e. The second-order valence-electron chi connectivity index (χ2n) is 6.05. The number of likely N-dealkylation sites (N-methyl/N-ethyl adjacent to an activating group) is 1. The Balaban J connectivity index is 3.30. The van der Waals surface area contributed by atoms with Crippen LogP contribution in [0.3, 0.4) is 0 Å². The van der Waals surface area contributed by atoms with Gasteiger partial charge in [0.25, 0.3) is 0 Å². The lowest BCUT2D eigenvalue weighted by molar-refractivity contribution is -0.117. The SMILES string of the molecule is CN(C(=O)OC(C)(C)C)C(C)(C=O)c1cc(F)c(F)cc1Cl. The van der Waals surface area contributed by atoms with Gasteiger partial charge in [-0.25, -0.2) is 13.6 Å². The topological polar surface area (TPSA) is 46.6 Å². The Morgan fingerprint density at radius 3 is 2.18 bits per heavy atom. The standard InChI is InChI=1S/C15H18ClF2NO3/c1-14(2,3)22-13(21)19(5)15(4,8-20)9-6-11(17)12(18)7-10(9)16/h6-8H,1-5H3. The van der Waals surface area contributed by atoms with E-state index in [9.17, 15) is 18.4 Å². The van der Waals surface area contributed by atoms with Gasteiger partial charge in [-0.1, -0.05) is 11.6 Å². The Hall–Kier alpha value is -1.69. The lowest BCUT2D eigenvalue weighted by Crippen LogP contribution is -2.48. The van der Waals surface area contributed by atoms with Gasteiger partial charge in [-0.05, 0) is 39.8 Å². The van der Waals surface area contributed by atoms with Crippen LogP contribution in [0.25, 0.3) is 0 Å². The minimum Gasteiger partial charge on any atom is -0.444 e. The number of amides is 1. The molecule has 1 aromatic carbocycles. The minimum absolute atomic E-state index is 0.0311. The molecule has 0 heterocycles. The van der Waals surface area contributed by atoms with Gasteiger partial charge in [0.1, 0.15) is 17.4 Å². The number of carbonyl (C=O) groups excluding carboxylic acids is 2. The molecule has 0 aromatic heterocycles. The molecule has 0 N–H and O–H groups in total. The fraction of sp³-hybridized carbons (Fsp3) is 0.467. The van der Waals surface area contributed by atoms with E-state index in [1.165, 1.54) is 14.0 Å². The van der Waals surface area contributed by atoms with E-state index < -0.39 is 28.9 Å². The predicted molar refractivity (Wildman–Crippen MR) is 78.8 cm³/mol. The Morgan fingerprint density at radius 2 is 1.73 bits per heavy atom. The molecule has 7 heteroatoms. The number of hydrogen-bond donors (Lipinski definition) is 0. The number of halogens is 3. The van der Waals surface area contributed by atoms with Gasteiger partial charge in [0, 0.05) is 17.6 Å². The highest BCUT2D eigenvalue weighted by Gasteiger charge is 2.39. The molecule has 122 valence electrons. The number of ether oxygens (including phenoxy) is 1. The molecule has 0 radical (unpaired) electrons. The molecule has 0 fully saturated rings. The van der Waals surface area contributed by atoms with Crippen molar-refractivity contribution in [3.05, 3.63) is 34.4 Å². The van der Waals surface area contributed by atoms with Crippen molar-refractivity contribution >= 4 is 24.0 Å². The summed E-state index contributed by atoms with van der Waals surface area (Å²) in [5, 5.41) is -0.163. The summed E-state index contributed by atoms with van der Waals surface area (Å²) in [6.07, 6.45) is -0.363. The first-order valence-electron chi connectivity index (χ1n) is 6.50. The van der Waals surface area contributed by atoms with E-state index in [2.05, 4.69) is 0 Å². The van der Waals surface area contributed by atoms with Gasteiger partial charge >= 0.3 is 6.09 Å². The van der Waals surface area contributed by atoms with Crippen LogP contribution in [-0.2, 0) is 15.1 Å². The van der Waals surface area contributed by atoms with Crippen molar-refractivity contribution in [2.24, 2.45) is 0 Å². The number of carbonyl (C=O) groups is 2. The average molecular weight is 334 g/mol. The van der Waals surface area contributed by atoms with Gasteiger partial charge in [-0.15, -0.1) is 0 Å². The van der Waals surface area contributed by atoms with Crippen molar-refractivity contribution in [2.75, 3.05) is 7.05 Å². The van der Waals surface area contributed by atoms with E-state index in [0.717, 1.165) is 17.0 Å². The molecule has 1 amide bonds. The van der Waals surface area contributed by atoms with Crippen molar-refractivity contribution in [3.8, 4) is 0 Å². The Kier molecular flexibility index (Phi) is 5.18. The van der Waals surface area contributed by atoms with Crippen LogP contribution < -0.4 is 0 Å². The molecule has 1 atom stereocenters. The fourth-order valence-electron chi connectivity index (χ4n) is 1.75. The highest BCUT2D eigenvalue weighted by Crippen LogP contribution is 2.33. The zero-order valence-electron chi connectivity index (χ0n) is 13.0. The van der Waals surface area contributed by atoms with Crippen LogP contribution in [0, 0.1) is 11.6 Å². The summed E-state index contributed by atoms with van der Waals surface area (Å²) < 4.78 is 31.8. The lowest BCUT2D eigenvalue weighted by Gasteiger charge is -2.36.